The number of esters is 1. The number of carbonyl (C=O) groups excluding carboxylic acids is 1. The molecule has 30 heavy (non-hydrogen) atoms. The van der Waals surface area contributed by atoms with Gasteiger partial charge in [-0.15, -0.1) is 0 Å². The maximum atomic E-state index is 12.0. The lowest BCUT2D eigenvalue weighted by atomic mass is 9.95. The maximum Gasteiger partial charge on any atom is 0.310 e. The fourth-order valence-corrected chi connectivity index (χ4v) is 3.91. The summed E-state index contributed by atoms with van der Waals surface area (Å²) in [5, 5.41) is 4.55. The molecule has 0 spiro atoms. The van der Waals surface area contributed by atoms with Gasteiger partial charge in [0.1, 0.15) is 12.3 Å². The number of ether oxygens (including phenoxy) is 1. The molecular weight excluding hydrogens is 376 g/mol. The topological polar surface area (TPSA) is 51.1 Å². The summed E-state index contributed by atoms with van der Waals surface area (Å²) in [5.74, 6) is -0.112. The number of aryl methyl sites for hydroxylation is 2. The first-order valence-corrected chi connectivity index (χ1v) is 10.8. The summed E-state index contributed by atoms with van der Waals surface area (Å²) in [4.78, 5) is 20.1. The van der Waals surface area contributed by atoms with Gasteiger partial charge in [0.05, 0.1) is 12.5 Å². The van der Waals surface area contributed by atoms with Crippen molar-refractivity contribution in [2.45, 2.75) is 33.6 Å². The zero-order chi connectivity index (χ0) is 21.3. The van der Waals surface area contributed by atoms with Crippen molar-refractivity contribution >= 4 is 11.7 Å². The van der Waals surface area contributed by atoms with Crippen molar-refractivity contribution in [3.8, 4) is 0 Å². The molecule has 3 rings (SSSR count). The minimum atomic E-state index is -0.0810. The van der Waals surface area contributed by atoms with Crippen molar-refractivity contribution in [1.82, 2.24) is 4.90 Å². The molecule has 1 saturated heterocycles. The molecule has 1 atom stereocenters. The van der Waals surface area contributed by atoms with E-state index in [0.29, 0.717) is 13.2 Å². The summed E-state index contributed by atoms with van der Waals surface area (Å²) in [6.45, 7) is 9.40. The number of hydrogen-bond acceptors (Lipinski definition) is 5. The van der Waals surface area contributed by atoms with Gasteiger partial charge in [0.25, 0.3) is 0 Å². The van der Waals surface area contributed by atoms with E-state index in [1.54, 1.807) is 0 Å². The molecule has 2 aromatic rings. The zero-order valence-electron chi connectivity index (χ0n) is 18.3. The van der Waals surface area contributed by atoms with E-state index in [9.17, 15) is 4.79 Å². The molecule has 0 N–H and O–H groups in total. The van der Waals surface area contributed by atoms with Crippen LogP contribution in [0.3, 0.4) is 0 Å². The third-order valence-electron chi connectivity index (χ3n) is 5.58. The van der Waals surface area contributed by atoms with E-state index >= 15 is 0 Å². The second-order valence-electron chi connectivity index (χ2n) is 7.79. The second kappa shape index (κ2) is 10.9. The van der Waals surface area contributed by atoms with Gasteiger partial charge in [0, 0.05) is 24.2 Å². The molecular formula is C25H32N2O3. The normalized spacial score (nSPS) is 16.7. The predicted molar refractivity (Wildman–Crippen MR) is 120 cm³/mol. The van der Waals surface area contributed by atoms with E-state index < -0.39 is 0 Å². The largest absolute Gasteiger partial charge is 0.466 e. The number of rotatable bonds is 8. The van der Waals surface area contributed by atoms with E-state index in [1.807, 2.05) is 31.2 Å². The summed E-state index contributed by atoms with van der Waals surface area (Å²) in [6.07, 6.45) is 1.91. The monoisotopic (exact) mass is 408 g/mol. The minimum absolute atomic E-state index is 0.0308. The first-order chi connectivity index (χ1) is 14.6. The average Bonchev–Trinajstić information content (AvgIpc) is 2.76. The Labute approximate surface area is 179 Å². The lowest BCUT2D eigenvalue weighted by Crippen LogP contribution is -2.40. The van der Waals surface area contributed by atoms with Gasteiger partial charge in [-0.2, -0.15) is 0 Å². The molecule has 1 aliphatic rings. The van der Waals surface area contributed by atoms with Crippen LogP contribution in [-0.2, 0) is 14.4 Å². The van der Waals surface area contributed by atoms with Crippen LogP contribution in [0.5, 0.6) is 0 Å². The van der Waals surface area contributed by atoms with Crippen LogP contribution >= 0.6 is 0 Å². The highest BCUT2D eigenvalue weighted by Gasteiger charge is 2.26. The minimum Gasteiger partial charge on any atom is -0.466 e. The predicted octanol–water partition coefficient (Wildman–Crippen LogP) is 4.35. The van der Waals surface area contributed by atoms with Crippen molar-refractivity contribution in [1.29, 1.82) is 0 Å². The second-order valence-corrected chi connectivity index (χ2v) is 7.79. The molecule has 1 aliphatic heterocycles. The fourth-order valence-electron chi connectivity index (χ4n) is 3.91. The van der Waals surface area contributed by atoms with E-state index in [4.69, 9.17) is 9.57 Å². The highest BCUT2D eigenvalue weighted by molar-refractivity contribution is 6.14. The fraction of sp³-hybridized carbons (Fsp3) is 0.440. The maximum absolute atomic E-state index is 12.0. The lowest BCUT2D eigenvalue weighted by Gasteiger charge is -2.30. The van der Waals surface area contributed by atoms with Crippen LogP contribution in [0, 0.1) is 19.8 Å². The van der Waals surface area contributed by atoms with Crippen molar-refractivity contribution < 1.29 is 14.4 Å². The Hall–Kier alpha value is -2.66. The standard InChI is InChI=1S/C25H32N2O3/c1-4-29-25(28)21-12-9-15-27(18-21)16-17-30-26-24(22-13-7-5-10-19(22)2)23-14-8-6-11-20(23)3/h5-8,10-11,13-14,21H,4,9,12,15-18H2,1-3H3/t21-/m1/s1. The molecule has 0 saturated carbocycles. The summed E-state index contributed by atoms with van der Waals surface area (Å²) in [7, 11) is 0. The molecule has 0 aromatic heterocycles. The Bertz CT molecular complexity index is 831. The zero-order valence-corrected chi connectivity index (χ0v) is 18.3. The number of piperidine rings is 1. The van der Waals surface area contributed by atoms with Crippen LogP contribution in [-0.4, -0.2) is 49.4 Å². The van der Waals surface area contributed by atoms with Crippen LogP contribution in [0.25, 0.3) is 0 Å². The summed E-state index contributed by atoms with van der Waals surface area (Å²) in [6, 6.07) is 16.5. The number of hydrogen-bond donors (Lipinski definition) is 0. The number of benzene rings is 2. The molecule has 160 valence electrons. The molecule has 1 fully saturated rings. The van der Waals surface area contributed by atoms with E-state index in [0.717, 1.165) is 60.4 Å². The highest BCUT2D eigenvalue weighted by Crippen LogP contribution is 2.19. The Balaban J connectivity index is 1.66. The lowest BCUT2D eigenvalue weighted by molar-refractivity contribution is -0.150. The van der Waals surface area contributed by atoms with Crippen LogP contribution in [0.4, 0.5) is 0 Å². The Kier molecular flexibility index (Phi) is 8.03. The molecule has 0 unspecified atom stereocenters. The number of likely N-dealkylation sites (tertiary alicyclic amines) is 1. The Morgan fingerprint density at radius 2 is 1.70 bits per heavy atom. The molecule has 0 radical (unpaired) electrons. The molecule has 5 nitrogen and oxygen atoms in total. The molecule has 1 heterocycles. The van der Waals surface area contributed by atoms with Crippen LogP contribution in [0.1, 0.15) is 42.0 Å². The van der Waals surface area contributed by atoms with Gasteiger partial charge in [0.2, 0.25) is 0 Å². The van der Waals surface area contributed by atoms with E-state index in [-0.39, 0.29) is 11.9 Å². The molecule has 5 heteroatoms. The van der Waals surface area contributed by atoms with Gasteiger partial charge < -0.3 is 9.57 Å². The summed E-state index contributed by atoms with van der Waals surface area (Å²) < 4.78 is 5.19. The van der Waals surface area contributed by atoms with Crippen molar-refractivity contribution in [2.24, 2.45) is 11.1 Å². The smallest absolute Gasteiger partial charge is 0.310 e. The number of oxime groups is 1. The first kappa shape index (κ1) is 22.0. The Morgan fingerprint density at radius 3 is 2.30 bits per heavy atom. The van der Waals surface area contributed by atoms with Crippen molar-refractivity contribution in [3.63, 3.8) is 0 Å². The van der Waals surface area contributed by atoms with Gasteiger partial charge in [0.15, 0.2) is 0 Å². The average molecular weight is 409 g/mol. The molecule has 0 bridgehead atoms. The van der Waals surface area contributed by atoms with Gasteiger partial charge in [-0.05, 0) is 51.3 Å². The van der Waals surface area contributed by atoms with Gasteiger partial charge in [-0.1, -0.05) is 53.7 Å². The quantitative estimate of drug-likeness (QED) is 0.282. The third-order valence-corrected chi connectivity index (χ3v) is 5.58. The Morgan fingerprint density at radius 1 is 1.07 bits per heavy atom. The van der Waals surface area contributed by atoms with Gasteiger partial charge in [-0.25, -0.2) is 0 Å². The molecule has 0 aliphatic carbocycles. The number of nitrogens with zero attached hydrogens (tertiary/aromatic N) is 2. The van der Waals surface area contributed by atoms with E-state index in [2.05, 4.69) is 48.2 Å². The summed E-state index contributed by atoms with van der Waals surface area (Å²) in [5.41, 5.74) is 5.33. The highest BCUT2D eigenvalue weighted by atomic mass is 16.6. The van der Waals surface area contributed by atoms with Crippen molar-refractivity contribution in [3.05, 3.63) is 70.8 Å². The van der Waals surface area contributed by atoms with Crippen LogP contribution < -0.4 is 0 Å². The SMILES string of the molecule is CCOC(=O)[C@@H]1CCCN(CCON=C(c2ccccc2C)c2ccccc2C)C1. The molecule has 0 amide bonds. The van der Waals surface area contributed by atoms with Crippen LogP contribution in [0.2, 0.25) is 0 Å². The number of carbonyl (C=O) groups is 1. The van der Waals surface area contributed by atoms with Crippen LogP contribution in [0.15, 0.2) is 53.7 Å². The van der Waals surface area contributed by atoms with E-state index in [1.165, 1.54) is 0 Å². The molecule has 2 aromatic carbocycles. The first-order valence-electron chi connectivity index (χ1n) is 10.8. The van der Waals surface area contributed by atoms with Crippen molar-refractivity contribution in [2.75, 3.05) is 32.8 Å². The third kappa shape index (κ3) is 5.70. The van der Waals surface area contributed by atoms with Gasteiger partial charge in [-0.3, -0.25) is 9.69 Å². The summed E-state index contributed by atoms with van der Waals surface area (Å²) >= 11 is 0. The van der Waals surface area contributed by atoms with Gasteiger partial charge >= 0.3 is 5.97 Å².